The van der Waals surface area contributed by atoms with Crippen molar-refractivity contribution in [3.05, 3.63) is 0 Å². The number of nitrogens with one attached hydrogen (secondary N) is 1. The maximum atomic E-state index is 6.13. The van der Waals surface area contributed by atoms with Gasteiger partial charge in [-0.3, -0.25) is 4.90 Å². The zero-order valence-electron chi connectivity index (χ0n) is 17.7. The SMILES string of the molecule is C(CNCCC[Si]12OCCN(CCO1)CCO2)C[Si]12OCCC(CCO1)CCO2. The lowest BCUT2D eigenvalue weighted by Crippen LogP contribution is -2.55. The summed E-state index contributed by atoms with van der Waals surface area (Å²) < 4.78 is 36.7. The third-order valence-electron chi connectivity index (χ3n) is 6.41. The summed E-state index contributed by atoms with van der Waals surface area (Å²) in [4.78, 5) is 2.35. The minimum Gasteiger partial charge on any atom is -0.373 e. The van der Waals surface area contributed by atoms with E-state index in [2.05, 4.69) is 10.2 Å². The second-order valence-corrected chi connectivity index (χ2v) is 14.0. The largest absolute Gasteiger partial charge is 0.501 e. The molecule has 0 aromatic rings. The minimum absolute atomic E-state index is 0.707. The van der Waals surface area contributed by atoms with Gasteiger partial charge in [-0.25, -0.2) is 0 Å². The summed E-state index contributed by atoms with van der Waals surface area (Å²) in [6.45, 7) is 9.50. The van der Waals surface area contributed by atoms with E-state index in [0.717, 1.165) is 117 Å². The van der Waals surface area contributed by atoms with Crippen molar-refractivity contribution in [1.82, 2.24) is 10.2 Å². The molecule has 0 unspecified atom stereocenters. The quantitative estimate of drug-likeness (QED) is 0.444. The van der Waals surface area contributed by atoms with Crippen LogP contribution in [0.15, 0.2) is 0 Å². The van der Waals surface area contributed by atoms with Crippen LogP contribution in [0.2, 0.25) is 12.1 Å². The minimum atomic E-state index is -2.47. The van der Waals surface area contributed by atoms with Gasteiger partial charge in [0.15, 0.2) is 0 Å². The molecule has 8 nitrogen and oxygen atoms in total. The molecular weight excluding hydrogens is 408 g/mol. The highest BCUT2D eigenvalue weighted by atomic mass is 28.4. The zero-order valence-corrected chi connectivity index (χ0v) is 19.7. The molecule has 6 rings (SSSR count). The second-order valence-electron chi connectivity index (χ2n) is 8.49. The zero-order chi connectivity index (χ0) is 19.8. The molecule has 4 bridgehead atoms. The molecule has 6 fully saturated rings. The maximum Gasteiger partial charge on any atom is 0.501 e. The Morgan fingerprint density at radius 1 is 0.621 bits per heavy atom. The first kappa shape index (κ1) is 22.3. The van der Waals surface area contributed by atoms with Gasteiger partial charge in [0.2, 0.25) is 0 Å². The molecular formula is C19H38N2O6Si2. The fraction of sp³-hybridized carbons (Fsp3) is 1.00. The van der Waals surface area contributed by atoms with Crippen LogP contribution in [-0.4, -0.2) is 94.9 Å². The fourth-order valence-electron chi connectivity index (χ4n) is 4.57. The lowest BCUT2D eigenvalue weighted by Gasteiger charge is -2.38. The lowest BCUT2D eigenvalue weighted by atomic mass is 9.99. The van der Waals surface area contributed by atoms with E-state index >= 15 is 0 Å². The average Bonchev–Trinajstić information content (AvgIpc) is 2.61. The fourth-order valence-corrected chi connectivity index (χ4v) is 9.65. The molecule has 29 heavy (non-hydrogen) atoms. The van der Waals surface area contributed by atoms with Crippen molar-refractivity contribution in [2.45, 2.75) is 44.2 Å². The molecule has 0 aliphatic carbocycles. The predicted molar refractivity (Wildman–Crippen MR) is 113 cm³/mol. The number of rotatable bonds is 8. The molecule has 6 heterocycles. The first-order valence-corrected chi connectivity index (χ1v) is 15.4. The van der Waals surface area contributed by atoms with E-state index < -0.39 is 17.6 Å². The monoisotopic (exact) mass is 446 g/mol. The predicted octanol–water partition coefficient (Wildman–Crippen LogP) is 1.48. The summed E-state index contributed by atoms with van der Waals surface area (Å²) in [5, 5.41) is 3.56. The molecule has 6 saturated heterocycles. The summed E-state index contributed by atoms with van der Waals surface area (Å²) in [6, 6.07) is 1.81. The van der Waals surface area contributed by atoms with E-state index in [4.69, 9.17) is 26.6 Å². The topological polar surface area (TPSA) is 70.7 Å². The van der Waals surface area contributed by atoms with Gasteiger partial charge in [0.05, 0.1) is 19.8 Å². The molecule has 6 aliphatic heterocycles. The first-order valence-electron chi connectivity index (χ1n) is 11.5. The summed E-state index contributed by atoms with van der Waals surface area (Å²) in [6.07, 6.45) is 5.53. The Hall–Kier alpha value is 0.114. The van der Waals surface area contributed by atoms with Crippen LogP contribution in [-0.2, 0) is 26.6 Å². The molecule has 168 valence electrons. The number of nitrogens with zero attached hydrogens (tertiary/aromatic N) is 1. The van der Waals surface area contributed by atoms with E-state index in [-0.39, 0.29) is 0 Å². The van der Waals surface area contributed by atoms with Crippen LogP contribution in [0, 0.1) is 5.92 Å². The Balaban J connectivity index is 1.13. The van der Waals surface area contributed by atoms with Crippen LogP contribution >= 0.6 is 0 Å². The first-order chi connectivity index (χ1) is 14.3. The van der Waals surface area contributed by atoms with E-state index in [9.17, 15) is 0 Å². The van der Waals surface area contributed by atoms with Gasteiger partial charge in [-0.05, 0) is 51.1 Å². The highest BCUT2D eigenvalue weighted by Gasteiger charge is 2.44. The molecule has 1 N–H and O–H groups in total. The lowest BCUT2D eigenvalue weighted by molar-refractivity contribution is -0.00849. The van der Waals surface area contributed by atoms with Crippen molar-refractivity contribution in [2.24, 2.45) is 5.92 Å². The number of hydrogen-bond acceptors (Lipinski definition) is 8. The average molecular weight is 447 g/mol. The molecule has 0 aromatic carbocycles. The van der Waals surface area contributed by atoms with Gasteiger partial charge in [-0.15, -0.1) is 0 Å². The molecule has 0 spiro atoms. The molecule has 10 heteroatoms. The molecule has 0 atom stereocenters. The van der Waals surface area contributed by atoms with Crippen LogP contribution in [0.1, 0.15) is 32.1 Å². The van der Waals surface area contributed by atoms with Gasteiger partial charge in [0, 0.05) is 51.5 Å². The van der Waals surface area contributed by atoms with E-state index in [1.54, 1.807) is 0 Å². The molecule has 0 radical (unpaired) electrons. The van der Waals surface area contributed by atoms with Crippen molar-refractivity contribution in [3.63, 3.8) is 0 Å². The van der Waals surface area contributed by atoms with Crippen molar-refractivity contribution in [2.75, 3.05) is 72.4 Å². The van der Waals surface area contributed by atoms with Crippen LogP contribution < -0.4 is 5.32 Å². The van der Waals surface area contributed by atoms with Crippen molar-refractivity contribution in [3.8, 4) is 0 Å². The van der Waals surface area contributed by atoms with Gasteiger partial charge in [0.1, 0.15) is 0 Å². The van der Waals surface area contributed by atoms with Gasteiger partial charge >= 0.3 is 17.6 Å². The van der Waals surface area contributed by atoms with E-state index in [0.29, 0.717) is 5.92 Å². The Morgan fingerprint density at radius 3 is 1.48 bits per heavy atom. The van der Waals surface area contributed by atoms with E-state index in [1.807, 2.05) is 0 Å². The third kappa shape index (κ3) is 6.55. The summed E-state index contributed by atoms with van der Waals surface area (Å²) in [5.41, 5.74) is 0. The van der Waals surface area contributed by atoms with Crippen LogP contribution in [0.3, 0.4) is 0 Å². The summed E-state index contributed by atoms with van der Waals surface area (Å²) >= 11 is 0. The Kier molecular flexibility index (Phi) is 8.56. The van der Waals surface area contributed by atoms with Crippen molar-refractivity contribution in [1.29, 1.82) is 0 Å². The van der Waals surface area contributed by atoms with Crippen LogP contribution in [0.25, 0.3) is 0 Å². The normalized spacial score (nSPS) is 38.5. The number of fused-ring (bicyclic) bond motifs is 12. The third-order valence-corrected chi connectivity index (χ3v) is 12.2. The summed E-state index contributed by atoms with van der Waals surface area (Å²) in [7, 11) is -4.92. The highest BCUT2D eigenvalue weighted by Crippen LogP contribution is 2.28. The van der Waals surface area contributed by atoms with Gasteiger partial charge in [-0.2, -0.15) is 0 Å². The van der Waals surface area contributed by atoms with Crippen LogP contribution in [0.5, 0.6) is 0 Å². The Labute approximate surface area is 177 Å². The number of hydrogen-bond donors (Lipinski definition) is 1. The van der Waals surface area contributed by atoms with E-state index in [1.165, 1.54) is 0 Å². The Bertz CT molecular complexity index is 408. The molecule has 0 amide bonds. The van der Waals surface area contributed by atoms with Gasteiger partial charge in [-0.1, -0.05) is 0 Å². The van der Waals surface area contributed by atoms with Gasteiger partial charge < -0.3 is 31.9 Å². The maximum absolute atomic E-state index is 6.13. The second kappa shape index (κ2) is 11.1. The smallest absolute Gasteiger partial charge is 0.373 e. The van der Waals surface area contributed by atoms with Crippen LogP contribution in [0.4, 0.5) is 0 Å². The standard InChI is InChI=1S/C19H38N2O6Si2/c1(17-28-22-11-3-19(4-12-23-28)5-13-24-28)6-20-7-2-18-29-25-14-8-21(9-15-26-29)10-16-27-29/h19-20H,1-18H2. The Morgan fingerprint density at radius 2 is 1.03 bits per heavy atom. The molecule has 6 aliphatic rings. The molecule has 0 aromatic heterocycles. The molecule has 0 saturated carbocycles. The highest BCUT2D eigenvalue weighted by molar-refractivity contribution is 6.61. The van der Waals surface area contributed by atoms with Gasteiger partial charge in [0.25, 0.3) is 0 Å². The van der Waals surface area contributed by atoms with Crippen molar-refractivity contribution >= 4 is 17.6 Å². The van der Waals surface area contributed by atoms with Crippen molar-refractivity contribution < 1.29 is 26.6 Å². The summed E-state index contributed by atoms with van der Waals surface area (Å²) in [5.74, 6) is 0.707.